The number of carbonyl (C=O) groups is 3. The van der Waals surface area contributed by atoms with Crippen molar-refractivity contribution in [1.82, 2.24) is 4.90 Å². The van der Waals surface area contributed by atoms with E-state index in [1.54, 1.807) is 13.8 Å². The molecular weight excluding hydrogens is 418 g/mol. The summed E-state index contributed by atoms with van der Waals surface area (Å²) in [4.78, 5) is 39.4. The Bertz CT molecular complexity index is 841. The van der Waals surface area contributed by atoms with E-state index in [1.807, 2.05) is 50.2 Å². The summed E-state index contributed by atoms with van der Waals surface area (Å²) in [6.07, 6.45) is 2.10. The normalized spacial score (nSPS) is 11.4. The fraction of sp³-hybridized carbons (Fsp3) is 0.444. The molecule has 0 spiro atoms. The van der Waals surface area contributed by atoms with Gasteiger partial charge in [-0.05, 0) is 30.4 Å². The number of carbonyl (C=O) groups excluding carboxylic acids is 3. The summed E-state index contributed by atoms with van der Waals surface area (Å²) in [7, 11) is 0. The van der Waals surface area contributed by atoms with Crippen LogP contribution in [0.3, 0.4) is 0 Å². The zero-order valence-corrected chi connectivity index (χ0v) is 20.5. The third-order valence-electron chi connectivity index (χ3n) is 5.87. The Morgan fingerprint density at radius 1 is 0.906 bits per heavy atom. The van der Waals surface area contributed by atoms with Crippen molar-refractivity contribution >= 4 is 28.6 Å². The van der Waals surface area contributed by atoms with Crippen LogP contribution >= 0.6 is 11.8 Å². The third-order valence-corrected chi connectivity index (χ3v) is 6.76. The van der Waals surface area contributed by atoms with Gasteiger partial charge in [-0.15, -0.1) is 0 Å². The van der Waals surface area contributed by atoms with Gasteiger partial charge in [0.05, 0.1) is 6.54 Å². The van der Waals surface area contributed by atoms with Crippen LogP contribution in [0.1, 0.15) is 64.0 Å². The van der Waals surface area contributed by atoms with E-state index in [-0.39, 0.29) is 17.6 Å². The minimum atomic E-state index is -0.710. The van der Waals surface area contributed by atoms with Crippen molar-refractivity contribution in [2.45, 2.75) is 52.9 Å². The Labute approximate surface area is 196 Å². The molecule has 2 aromatic rings. The monoisotopic (exact) mass is 453 g/mol. The highest BCUT2D eigenvalue weighted by Crippen LogP contribution is 2.29. The van der Waals surface area contributed by atoms with Crippen molar-refractivity contribution in [2.75, 3.05) is 18.8 Å². The second-order valence-electron chi connectivity index (χ2n) is 8.68. The lowest BCUT2D eigenvalue weighted by molar-refractivity contribution is -0.149. The minimum Gasteiger partial charge on any atom is -0.328 e. The van der Waals surface area contributed by atoms with Crippen molar-refractivity contribution in [2.24, 2.45) is 5.41 Å². The number of thioether (sulfide) groups is 1. The van der Waals surface area contributed by atoms with Gasteiger partial charge in [0.25, 0.3) is 5.91 Å². The average Bonchev–Trinajstić information content (AvgIpc) is 2.81. The molecule has 2 rings (SSSR count). The summed E-state index contributed by atoms with van der Waals surface area (Å²) in [5.41, 5.74) is 1.74. The van der Waals surface area contributed by atoms with Crippen molar-refractivity contribution in [3.05, 3.63) is 71.8 Å². The van der Waals surface area contributed by atoms with E-state index in [0.29, 0.717) is 25.1 Å². The van der Waals surface area contributed by atoms with E-state index in [2.05, 4.69) is 24.3 Å². The molecule has 0 heterocycles. The summed E-state index contributed by atoms with van der Waals surface area (Å²) in [5.74, 6) is -0.105. The number of benzene rings is 2. The molecule has 0 aliphatic rings. The summed E-state index contributed by atoms with van der Waals surface area (Å²) in [6, 6.07) is 20.6. The number of hydrogen-bond donors (Lipinski definition) is 0. The van der Waals surface area contributed by atoms with Gasteiger partial charge in [0.1, 0.15) is 0 Å². The van der Waals surface area contributed by atoms with Gasteiger partial charge in [0.15, 0.2) is 0 Å². The van der Waals surface area contributed by atoms with Gasteiger partial charge in [-0.2, -0.15) is 0 Å². The first kappa shape index (κ1) is 25.9. The molecule has 0 aliphatic heterocycles. The van der Waals surface area contributed by atoms with E-state index < -0.39 is 17.1 Å². The molecule has 1 amide bonds. The summed E-state index contributed by atoms with van der Waals surface area (Å²) < 4.78 is 0. The number of hydrogen-bond acceptors (Lipinski definition) is 4. The third kappa shape index (κ3) is 7.33. The van der Waals surface area contributed by atoms with E-state index in [1.165, 1.54) is 27.8 Å². The van der Waals surface area contributed by atoms with Crippen molar-refractivity contribution in [3.63, 3.8) is 0 Å². The molecule has 32 heavy (non-hydrogen) atoms. The molecule has 4 nitrogen and oxygen atoms in total. The Kier molecular flexibility index (Phi) is 10.2. The highest BCUT2D eigenvalue weighted by Gasteiger charge is 2.34. The van der Waals surface area contributed by atoms with Crippen LogP contribution in [0, 0.1) is 5.41 Å². The maximum absolute atomic E-state index is 12.7. The van der Waals surface area contributed by atoms with Gasteiger partial charge in [0.2, 0.25) is 10.9 Å². The zero-order valence-electron chi connectivity index (χ0n) is 19.7. The van der Waals surface area contributed by atoms with Gasteiger partial charge in [-0.1, -0.05) is 100 Å². The van der Waals surface area contributed by atoms with Crippen LogP contribution in [0.25, 0.3) is 0 Å². The first-order valence-electron chi connectivity index (χ1n) is 11.4. The van der Waals surface area contributed by atoms with Gasteiger partial charge < -0.3 is 4.90 Å². The van der Waals surface area contributed by atoms with Crippen molar-refractivity contribution in [1.29, 1.82) is 0 Å². The molecular formula is C27H35NO3S. The predicted octanol–water partition coefficient (Wildman–Crippen LogP) is 5.71. The second-order valence-corrected chi connectivity index (χ2v) is 9.83. The van der Waals surface area contributed by atoms with Crippen LogP contribution in [0.2, 0.25) is 0 Å². The predicted molar refractivity (Wildman–Crippen MR) is 133 cm³/mol. The molecule has 172 valence electrons. The fourth-order valence-corrected chi connectivity index (χ4v) is 4.33. The molecule has 0 fully saturated rings. The summed E-state index contributed by atoms with van der Waals surface area (Å²) >= 11 is 1.25. The zero-order chi connectivity index (χ0) is 23.6. The van der Waals surface area contributed by atoms with E-state index >= 15 is 0 Å². The van der Waals surface area contributed by atoms with Gasteiger partial charge in [-0.3, -0.25) is 14.4 Å². The van der Waals surface area contributed by atoms with Gasteiger partial charge in [-0.25, -0.2) is 0 Å². The molecule has 0 saturated carbocycles. The highest BCUT2D eigenvalue weighted by atomic mass is 32.2. The van der Waals surface area contributed by atoms with Crippen LogP contribution in [0.4, 0.5) is 0 Å². The molecule has 0 saturated heterocycles. The number of rotatable bonds is 12. The minimum absolute atomic E-state index is 0.0236. The first-order valence-corrected chi connectivity index (χ1v) is 12.4. The molecule has 0 N–H and O–H groups in total. The summed E-state index contributed by atoms with van der Waals surface area (Å²) in [6.45, 7) is 7.78. The Morgan fingerprint density at radius 3 is 1.91 bits per heavy atom. The Morgan fingerprint density at radius 2 is 1.44 bits per heavy atom. The average molecular weight is 454 g/mol. The maximum Gasteiger partial charge on any atom is 0.290 e. The van der Waals surface area contributed by atoms with E-state index in [4.69, 9.17) is 0 Å². The van der Waals surface area contributed by atoms with Crippen molar-refractivity contribution < 1.29 is 14.4 Å². The number of nitrogens with zero attached hydrogens (tertiary/aromatic N) is 1. The Balaban J connectivity index is 2.00. The molecule has 0 unspecified atom stereocenters. The van der Waals surface area contributed by atoms with Gasteiger partial charge in [0, 0.05) is 23.6 Å². The number of Topliss-reactive ketones (excluding diaryl/α,β-unsaturated/α-hetero) is 1. The lowest BCUT2D eigenvalue weighted by Crippen LogP contribution is -2.44. The van der Waals surface area contributed by atoms with Crippen LogP contribution in [0.5, 0.6) is 0 Å². The fourth-order valence-electron chi connectivity index (χ4n) is 3.50. The lowest BCUT2D eigenvalue weighted by atomic mass is 9.84. The van der Waals surface area contributed by atoms with Gasteiger partial charge >= 0.3 is 0 Å². The van der Waals surface area contributed by atoms with E-state index in [9.17, 15) is 14.4 Å². The van der Waals surface area contributed by atoms with Crippen LogP contribution < -0.4 is 0 Å². The highest BCUT2D eigenvalue weighted by molar-refractivity contribution is 8.13. The molecule has 0 atom stereocenters. The number of ketones is 1. The molecule has 0 aliphatic carbocycles. The molecule has 0 radical (unpaired) electrons. The smallest absolute Gasteiger partial charge is 0.290 e. The largest absolute Gasteiger partial charge is 0.328 e. The number of amides is 1. The topological polar surface area (TPSA) is 54.5 Å². The summed E-state index contributed by atoms with van der Waals surface area (Å²) in [5, 5.41) is -0.0752. The van der Waals surface area contributed by atoms with Crippen LogP contribution in [0.15, 0.2) is 60.7 Å². The SMILES string of the molecule is CCCN(CC(=O)SCCC(c1ccccc1)c1ccccc1)C(=O)C(=O)C(C)(C)CC. The molecule has 2 aromatic carbocycles. The second kappa shape index (κ2) is 12.6. The molecule has 0 aromatic heterocycles. The first-order chi connectivity index (χ1) is 15.3. The quantitative estimate of drug-likeness (QED) is 0.386. The molecule has 5 heteroatoms. The molecule has 0 bridgehead atoms. The Hall–Kier alpha value is -2.40. The standard InChI is InChI=1S/C27H35NO3S/c1-5-18-28(26(31)25(30)27(3,4)6-2)20-24(29)32-19-17-23(21-13-9-7-10-14-21)22-15-11-8-12-16-22/h7-16,23H,5-6,17-20H2,1-4H3. The van der Waals surface area contributed by atoms with Crippen LogP contribution in [-0.2, 0) is 14.4 Å². The van der Waals surface area contributed by atoms with Crippen molar-refractivity contribution in [3.8, 4) is 0 Å². The van der Waals surface area contributed by atoms with Crippen LogP contribution in [-0.4, -0.2) is 40.5 Å². The maximum atomic E-state index is 12.7. The van der Waals surface area contributed by atoms with E-state index in [0.717, 1.165) is 6.42 Å². The lowest BCUT2D eigenvalue weighted by Gasteiger charge is -2.26.